The lowest BCUT2D eigenvalue weighted by Crippen LogP contribution is -2.18. The Morgan fingerprint density at radius 3 is 1.87 bits per heavy atom. The fourth-order valence-corrected chi connectivity index (χ4v) is 6.15. The van der Waals surface area contributed by atoms with Crippen LogP contribution in [0.3, 0.4) is 0 Å². The average Bonchev–Trinajstić information content (AvgIpc) is 2.80. The van der Waals surface area contributed by atoms with Crippen LogP contribution in [0.2, 0.25) is 0 Å². The number of rotatable bonds is 6. The summed E-state index contributed by atoms with van der Waals surface area (Å²) in [5.41, 5.74) is 5.43. The summed E-state index contributed by atoms with van der Waals surface area (Å²) in [6, 6.07) is 26.8. The maximum absolute atomic E-state index is 13.4. The Morgan fingerprint density at radius 2 is 1.33 bits per heavy atom. The molecule has 0 N–H and O–H groups in total. The van der Waals surface area contributed by atoms with Gasteiger partial charge in [0.1, 0.15) is 0 Å². The van der Waals surface area contributed by atoms with Crippen LogP contribution in [0.5, 0.6) is 0 Å². The molecule has 3 aromatic rings. The standard InChI is InChI=1S/C25H26NO2PS/c1-4-29(27,5-2)28-25(30-19-13-7-6-8-14-19)24-20-15-9-11-17-22(20)26(3)23-18-12-10-16-21(23)24/h6-18H,4-5H2,1-3H3. The van der Waals surface area contributed by atoms with E-state index in [0.29, 0.717) is 17.4 Å². The van der Waals surface area contributed by atoms with Crippen LogP contribution in [0, 0.1) is 0 Å². The Labute approximate surface area is 183 Å². The van der Waals surface area contributed by atoms with Crippen molar-refractivity contribution in [2.24, 2.45) is 0 Å². The van der Waals surface area contributed by atoms with Gasteiger partial charge in [-0.2, -0.15) is 0 Å². The fraction of sp³-hybridized carbons (Fsp3) is 0.200. The van der Waals surface area contributed by atoms with Gasteiger partial charge in [-0.3, -0.25) is 4.57 Å². The molecule has 4 rings (SSSR count). The molecule has 1 aliphatic rings. The summed E-state index contributed by atoms with van der Waals surface area (Å²) in [7, 11) is -0.687. The normalized spacial score (nSPS) is 12.9. The predicted octanol–water partition coefficient (Wildman–Crippen LogP) is 7.61. The summed E-state index contributed by atoms with van der Waals surface area (Å²) in [4.78, 5) is 3.27. The molecular weight excluding hydrogens is 409 g/mol. The first-order valence-electron chi connectivity index (χ1n) is 10.2. The van der Waals surface area contributed by atoms with Gasteiger partial charge in [0.15, 0.2) is 5.09 Å². The highest BCUT2D eigenvalue weighted by molar-refractivity contribution is 8.03. The van der Waals surface area contributed by atoms with Crippen LogP contribution in [0.25, 0.3) is 5.57 Å². The molecule has 0 atom stereocenters. The SMILES string of the molecule is CCP(=O)(CC)OC(Sc1ccccc1)=C1c2ccccc2N(C)c2ccccc21. The third-order valence-corrected chi connectivity index (χ3v) is 8.99. The van der Waals surface area contributed by atoms with Crippen molar-refractivity contribution >= 4 is 36.1 Å². The van der Waals surface area contributed by atoms with Gasteiger partial charge in [0.25, 0.3) is 0 Å². The molecule has 0 saturated carbocycles. The van der Waals surface area contributed by atoms with Gasteiger partial charge in [0.05, 0.1) is 0 Å². The lowest BCUT2D eigenvalue weighted by Gasteiger charge is -2.33. The second-order valence-electron chi connectivity index (χ2n) is 7.21. The zero-order valence-electron chi connectivity index (χ0n) is 17.5. The smallest absolute Gasteiger partial charge is 0.248 e. The van der Waals surface area contributed by atoms with Gasteiger partial charge in [-0.15, -0.1) is 0 Å². The molecular formula is C25H26NO2PS. The molecule has 30 heavy (non-hydrogen) atoms. The molecule has 0 radical (unpaired) electrons. The van der Waals surface area contributed by atoms with E-state index in [4.69, 9.17) is 4.52 Å². The van der Waals surface area contributed by atoms with E-state index in [1.165, 1.54) is 0 Å². The van der Waals surface area contributed by atoms with E-state index in [0.717, 1.165) is 33.0 Å². The number of benzene rings is 3. The zero-order chi connectivity index (χ0) is 21.1. The minimum Gasteiger partial charge on any atom is -0.435 e. The van der Waals surface area contributed by atoms with E-state index in [-0.39, 0.29) is 0 Å². The largest absolute Gasteiger partial charge is 0.435 e. The number of para-hydroxylation sites is 2. The number of thioether (sulfide) groups is 1. The van der Waals surface area contributed by atoms with E-state index in [1.807, 2.05) is 44.2 Å². The van der Waals surface area contributed by atoms with Gasteiger partial charge in [-0.25, -0.2) is 0 Å². The summed E-state index contributed by atoms with van der Waals surface area (Å²) in [6.45, 7) is 3.88. The zero-order valence-corrected chi connectivity index (χ0v) is 19.2. The lowest BCUT2D eigenvalue weighted by atomic mass is 9.91. The Balaban J connectivity index is 1.98. The van der Waals surface area contributed by atoms with E-state index in [1.54, 1.807) is 11.8 Å². The summed E-state index contributed by atoms with van der Waals surface area (Å²) in [5.74, 6) is 0. The number of fused-ring (bicyclic) bond motifs is 2. The van der Waals surface area contributed by atoms with Crippen molar-refractivity contribution in [2.45, 2.75) is 18.7 Å². The van der Waals surface area contributed by atoms with Crippen molar-refractivity contribution < 1.29 is 9.09 Å². The van der Waals surface area contributed by atoms with Gasteiger partial charge >= 0.3 is 0 Å². The van der Waals surface area contributed by atoms with Gasteiger partial charge in [0.2, 0.25) is 7.37 Å². The van der Waals surface area contributed by atoms with Crippen LogP contribution in [-0.4, -0.2) is 19.4 Å². The number of hydrogen-bond donors (Lipinski definition) is 0. The highest BCUT2D eigenvalue weighted by atomic mass is 32.2. The number of hydrogen-bond acceptors (Lipinski definition) is 4. The molecule has 3 aromatic carbocycles. The van der Waals surface area contributed by atoms with Gasteiger partial charge in [-0.05, 0) is 24.3 Å². The van der Waals surface area contributed by atoms with Crippen molar-refractivity contribution in [1.29, 1.82) is 0 Å². The van der Waals surface area contributed by atoms with E-state index in [2.05, 4.69) is 60.5 Å². The molecule has 0 bridgehead atoms. The first kappa shape index (κ1) is 20.8. The minimum absolute atomic E-state index is 0.513. The molecule has 0 fully saturated rings. The molecule has 0 amide bonds. The van der Waals surface area contributed by atoms with Crippen molar-refractivity contribution in [1.82, 2.24) is 0 Å². The molecule has 0 saturated heterocycles. The molecule has 1 heterocycles. The fourth-order valence-electron chi connectivity index (χ4n) is 3.66. The highest BCUT2D eigenvalue weighted by Crippen LogP contribution is 2.55. The van der Waals surface area contributed by atoms with Crippen LogP contribution in [-0.2, 0) is 9.09 Å². The monoisotopic (exact) mass is 435 g/mol. The number of anilines is 2. The number of nitrogens with zero attached hydrogens (tertiary/aromatic N) is 1. The topological polar surface area (TPSA) is 29.5 Å². The summed E-state index contributed by atoms with van der Waals surface area (Å²) in [6.07, 6.45) is 1.03. The lowest BCUT2D eigenvalue weighted by molar-refractivity contribution is 0.433. The molecule has 0 aromatic heterocycles. The van der Waals surface area contributed by atoms with Gasteiger partial charge in [-0.1, -0.05) is 80.2 Å². The molecule has 0 spiro atoms. The highest BCUT2D eigenvalue weighted by Gasteiger charge is 2.30. The maximum Gasteiger partial charge on any atom is 0.248 e. The molecule has 3 nitrogen and oxygen atoms in total. The molecule has 0 unspecified atom stereocenters. The second kappa shape index (κ2) is 8.75. The van der Waals surface area contributed by atoms with Crippen molar-refractivity contribution in [2.75, 3.05) is 24.3 Å². The van der Waals surface area contributed by atoms with Crippen LogP contribution in [0.4, 0.5) is 11.4 Å². The van der Waals surface area contributed by atoms with E-state index < -0.39 is 7.37 Å². The molecule has 5 heteroatoms. The van der Waals surface area contributed by atoms with Gasteiger partial charge < -0.3 is 9.42 Å². The van der Waals surface area contributed by atoms with Crippen LogP contribution in [0.1, 0.15) is 25.0 Å². The third kappa shape index (κ3) is 3.95. The van der Waals surface area contributed by atoms with Crippen LogP contribution in [0.15, 0.2) is 88.8 Å². The Morgan fingerprint density at radius 1 is 0.833 bits per heavy atom. The first-order valence-corrected chi connectivity index (χ1v) is 13.0. The van der Waals surface area contributed by atoms with Crippen molar-refractivity contribution in [3.05, 3.63) is 95.1 Å². The van der Waals surface area contributed by atoms with Crippen LogP contribution < -0.4 is 4.90 Å². The van der Waals surface area contributed by atoms with Crippen molar-refractivity contribution in [3.8, 4) is 0 Å². The minimum atomic E-state index is -2.77. The second-order valence-corrected chi connectivity index (χ2v) is 11.3. The van der Waals surface area contributed by atoms with Crippen molar-refractivity contribution in [3.63, 3.8) is 0 Å². The predicted molar refractivity (Wildman–Crippen MR) is 129 cm³/mol. The van der Waals surface area contributed by atoms with Gasteiger partial charge in [0, 0.05) is 52.3 Å². The molecule has 154 valence electrons. The van der Waals surface area contributed by atoms with Crippen LogP contribution >= 0.6 is 19.1 Å². The van der Waals surface area contributed by atoms with E-state index in [9.17, 15) is 4.57 Å². The quantitative estimate of drug-likeness (QED) is 0.226. The summed E-state index contributed by atoms with van der Waals surface area (Å²) in [5, 5.41) is 0.709. The Bertz CT molecular complexity index is 1070. The summed E-state index contributed by atoms with van der Waals surface area (Å²) >= 11 is 1.55. The summed E-state index contributed by atoms with van der Waals surface area (Å²) < 4.78 is 19.8. The third-order valence-electron chi connectivity index (χ3n) is 5.44. The Kier molecular flexibility index (Phi) is 6.08. The van der Waals surface area contributed by atoms with E-state index >= 15 is 0 Å². The molecule has 1 aliphatic heterocycles. The first-order chi connectivity index (χ1) is 14.6. The maximum atomic E-state index is 13.4. The molecule has 0 aliphatic carbocycles. The Hall–Kier alpha value is -2.42. The average molecular weight is 436 g/mol.